The van der Waals surface area contributed by atoms with Crippen LogP contribution in [0.3, 0.4) is 0 Å². The zero-order valence-electron chi connectivity index (χ0n) is 10.7. The van der Waals surface area contributed by atoms with E-state index in [4.69, 9.17) is 0 Å². The van der Waals surface area contributed by atoms with Crippen LogP contribution in [0.4, 0.5) is 0 Å². The van der Waals surface area contributed by atoms with Crippen LogP contribution in [0.25, 0.3) is 0 Å². The van der Waals surface area contributed by atoms with E-state index in [1.165, 1.54) is 12.1 Å². The SMILES string of the molecule is C=C(C#Cc1ccc(S(C)(=O)=O)cc1)C(C)(C)O. The molecule has 0 aromatic heterocycles. The van der Waals surface area contributed by atoms with Crippen molar-refractivity contribution >= 4 is 9.84 Å². The summed E-state index contributed by atoms with van der Waals surface area (Å²) < 4.78 is 22.5. The van der Waals surface area contributed by atoms with Gasteiger partial charge in [0.15, 0.2) is 9.84 Å². The average molecular weight is 264 g/mol. The van der Waals surface area contributed by atoms with Gasteiger partial charge in [0.2, 0.25) is 0 Å². The number of sulfone groups is 1. The van der Waals surface area contributed by atoms with Gasteiger partial charge in [-0.2, -0.15) is 0 Å². The third kappa shape index (κ3) is 4.02. The van der Waals surface area contributed by atoms with Crippen LogP contribution >= 0.6 is 0 Å². The summed E-state index contributed by atoms with van der Waals surface area (Å²) in [7, 11) is -3.18. The molecule has 0 amide bonds. The van der Waals surface area contributed by atoms with Gasteiger partial charge in [0.05, 0.1) is 10.5 Å². The molecule has 0 fully saturated rings. The molecule has 0 spiro atoms. The molecule has 0 saturated carbocycles. The Hall–Kier alpha value is -1.57. The van der Waals surface area contributed by atoms with Gasteiger partial charge >= 0.3 is 0 Å². The summed E-state index contributed by atoms with van der Waals surface area (Å²) in [4.78, 5) is 0.259. The van der Waals surface area contributed by atoms with E-state index in [1.807, 2.05) is 0 Å². The quantitative estimate of drug-likeness (QED) is 0.828. The van der Waals surface area contributed by atoms with E-state index in [2.05, 4.69) is 18.4 Å². The van der Waals surface area contributed by atoms with E-state index < -0.39 is 15.4 Å². The Labute approximate surface area is 108 Å². The maximum atomic E-state index is 11.3. The van der Waals surface area contributed by atoms with Gasteiger partial charge in [-0.25, -0.2) is 8.42 Å². The molecular weight excluding hydrogens is 248 g/mol. The number of rotatable bonds is 2. The molecular formula is C14H16O3S. The molecule has 1 aromatic rings. The molecule has 0 atom stereocenters. The zero-order chi connectivity index (χ0) is 14.0. The zero-order valence-corrected chi connectivity index (χ0v) is 11.5. The van der Waals surface area contributed by atoms with Crippen molar-refractivity contribution in [3.8, 4) is 11.8 Å². The van der Waals surface area contributed by atoms with Crippen molar-refractivity contribution in [3.63, 3.8) is 0 Å². The van der Waals surface area contributed by atoms with Crippen molar-refractivity contribution < 1.29 is 13.5 Å². The smallest absolute Gasteiger partial charge is 0.175 e. The van der Waals surface area contributed by atoms with Crippen LogP contribution in [0.1, 0.15) is 19.4 Å². The average Bonchev–Trinajstić information content (AvgIpc) is 2.24. The van der Waals surface area contributed by atoms with Crippen LogP contribution in [0.15, 0.2) is 41.3 Å². The molecule has 1 N–H and O–H groups in total. The lowest BCUT2D eigenvalue weighted by molar-refractivity contribution is 0.125. The first-order chi connectivity index (χ1) is 8.10. The molecule has 1 aromatic carbocycles. The fraction of sp³-hybridized carbons (Fsp3) is 0.286. The van der Waals surface area contributed by atoms with Crippen LogP contribution in [0.2, 0.25) is 0 Å². The summed E-state index contributed by atoms with van der Waals surface area (Å²) in [6.45, 7) is 6.89. The van der Waals surface area contributed by atoms with Crippen LogP contribution in [0.5, 0.6) is 0 Å². The van der Waals surface area contributed by atoms with Crippen LogP contribution in [0, 0.1) is 11.8 Å². The highest BCUT2D eigenvalue weighted by molar-refractivity contribution is 7.90. The number of hydrogen-bond donors (Lipinski definition) is 1. The predicted octanol–water partition coefficient (Wildman–Crippen LogP) is 1.77. The molecule has 0 radical (unpaired) electrons. The first-order valence-corrected chi connectivity index (χ1v) is 7.24. The molecule has 0 aliphatic heterocycles. The summed E-state index contributed by atoms with van der Waals surface area (Å²) >= 11 is 0. The summed E-state index contributed by atoms with van der Waals surface area (Å²) in [5.41, 5.74) is 0.0437. The Morgan fingerprint density at radius 2 is 1.78 bits per heavy atom. The molecule has 3 nitrogen and oxygen atoms in total. The van der Waals surface area contributed by atoms with Crippen LogP contribution in [-0.4, -0.2) is 25.4 Å². The van der Waals surface area contributed by atoms with Gasteiger partial charge < -0.3 is 5.11 Å². The second-order valence-electron chi connectivity index (χ2n) is 4.58. The molecule has 1 rings (SSSR count). The second kappa shape index (κ2) is 4.97. The van der Waals surface area contributed by atoms with E-state index in [0.717, 1.165) is 6.26 Å². The number of benzene rings is 1. The standard InChI is InChI=1S/C14H16O3S/c1-11(14(2,3)15)5-6-12-7-9-13(10-8-12)18(4,16)17/h7-10,15H,1H2,2-4H3. The molecule has 18 heavy (non-hydrogen) atoms. The monoisotopic (exact) mass is 264 g/mol. The van der Waals surface area contributed by atoms with E-state index in [1.54, 1.807) is 26.0 Å². The lowest BCUT2D eigenvalue weighted by Crippen LogP contribution is -2.19. The fourth-order valence-electron chi connectivity index (χ4n) is 1.09. The van der Waals surface area contributed by atoms with E-state index in [9.17, 15) is 13.5 Å². The van der Waals surface area contributed by atoms with Crippen molar-refractivity contribution in [1.82, 2.24) is 0 Å². The molecule has 4 heteroatoms. The van der Waals surface area contributed by atoms with Gasteiger partial charge in [-0.05, 0) is 38.1 Å². The van der Waals surface area contributed by atoms with Crippen LogP contribution in [-0.2, 0) is 9.84 Å². The van der Waals surface area contributed by atoms with Gasteiger partial charge in [0.1, 0.15) is 0 Å². The Morgan fingerprint density at radius 1 is 1.28 bits per heavy atom. The van der Waals surface area contributed by atoms with Crippen molar-refractivity contribution in [3.05, 3.63) is 42.0 Å². The highest BCUT2D eigenvalue weighted by atomic mass is 32.2. The molecule has 0 unspecified atom stereocenters. The van der Waals surface area contributed by atoms with Gasteiger partial charge in [-0.1, -0.05) is 18.4 Å². The summed E-state index contributed by atoms with van der Waals surface area (Å²) in [6.07, 6.45) is 1.16. The second-order valence-corrected chi connectivity index (χ2v) is 6.60. The van der Waals surface area contributed by atoms with E-state index >= 15 is 0 Å². The molecule has 96 valence electrons. The van der Waals surface area contributed by atoms with Gasteiger partial charge in [0, 0.05) is 17.4 Å². The number of hydrogen-bond acceptors (Lipinski definition) is 3. The van der Waals surface area contributed by atoms with E-state index in [0.29, 0.717) is 11.1 Å². The Morgan fingerprint density at radius 3 is 2.17 bits per heavy atom. The first kappa shape index (κ1) is 14.5. The lowest BCUT2D eigenvalue weighted by Gasteiger charge is -2.14. The first-order valence-electron chi connectivity index (χ1n) is 5.34. The van der Waals surface area contributed by atoms with Crippen molar-refractivity contribution in [1.29, 1.82) is 0 Å². The highest BCUT2D eigenvalue weighted by Crippen LogP contribution is 2.13. The Bertz CT molecular complexity index is 606. The third-order valence-electron chi connectivity index (χ3n) is 2.38. The maximum absolute atomic E-state index is 11.3. The fourth-order valence-corrected chi connectivity index (χ4v) is 1.72. The number of aliphatic hydroxyl groups is 1. The highest BCUT2D eigenvalue weighted by Gasteiger charge is 2.14. The lowest BCUT2D eigenvalue weighted by atomic mass is 10.0. The minimum Gasteiger partial charge on any atom is -0.385 e. The normalized spacial score (nSPS) is 11.6. The summed E-state index contributed by atoms with van der Waals surface area (Å²) in [6, 6.07) is 6.26. The molecule has 0 aliphatic carbocycles. The minimum absolute atomic E-state index is 0.259. The largest absolute Gasteiger partial charge is 0.385 e. The predicted molar refractivity (Wildman–Crippen MR) is 71.9 cm³/mol. The van der Waals surface area contributed by atoms with Crippen molar-refractivity contribution in [2.75, 3.05) is 6.26 Å². The minimum atomic E-state index is -3.18. The Kier molecular flexibility index (Phi) is 4.00. The third-order valence-corrected chi connectivity index (χ3v) is 3.51. The summed E-state index contributed by atoms with van der Waals surface area (Å²) in [5, 5.41) is 9.63. The van der Waals surface area contributed by atoms with Crippen LogP contribution < -0.4 is 0 Å². The van der Waals surface area contributed by atoms with Crippen molar-refractivity contribution in [2.45, 2.75) is 24.3 Å². The van der Waals surface area contributed by atoms with Gasteiger partial charge in [-0.15, -0.1) is 0 Å². The summed E-state index contributed by atoms with van der Waals surface area (Å²) in [5.74, 6) is 5.58. The van der Waals surface area contributed by atoms with Crippen molar-refractivity contribution in [2.24, 2.45) is 0 Å². The van der Waals surface area contributed by atoms with E-state index in [-0.39, 0.29) is 4.90 Å². The van der Waals surface area contributed by atoms with Gasteiger partial charge in [0.25, 0.3) is 0 Å². The molecule has 0 saturated heterocycles. The Balaban J connectivity index is 2.96. The topological polar surface area (TPSA) is 54.4 Å². The maximum Gasteiger partial charge on any atom is 0.175 e. The molecule has 0 aliphatic rings. The van der Waals surface area contributed by atoms with Gasteiger partial charge in [-0.3, -0.25) is 0 Å². The molecule has 0 bridgehead atoms. The molecule has 0 heterocycles.